The van der Waals surface area contributed by atoms with Crippen LogP contribution in [0.15, 0.2) is 60.7 Å². The SMILES string of the molecule is Cl.Cl.NCCCOC1CCN(C(=O)c2cc(-c3ccccc3)nc3ccccc23)CC1. The minimum Gasteiger partial charge on any atom is -0.378 e. The van der Waals surface area contributed by atoms with E-state index >= 15 is 0 Å². The molecule has 4 rings (SSSR count). The van der Waals surface area contributed by atoms with Crippen molar-refractivity contribution in [1.82, 2.24) is 9.88 Å². The summed E-state index contributed by atoms with van der Waals surface area (Å²) in [5.41, 5.74) is 8.94. The van der Waals surface area contributed by atoms with Crippen LogP contribution in [0.5, 0.6) is 0 Å². The predicted molar refractivity (Wildman–Crippen MR) is 130 cm³/mol. The van der Waals surface area contributed by atoms with Crippen LogP contribution in [0.2, 0.25) is 0 Å². The first-order valence-corrected chi connectivity index (χ1v) is 10.3. The summed E-state index contributed by atoms with van der Waals surface area (Å²) in [4.78, 5) is 20.1. The lowest BCUT2D eigenvalue weighted by molar-refractivity contribution is 0.00850. The van der Waals surface area contributed by atoms with Gasteiger partial charge >= 0.3 is 0 Å². The average molecular weight is 462 g/mol. The predicted octanol–water partition coefficient (Wildman–Crippen LogP) is 4.72. The number of fused-ring (bicyclic) bond motifs is 1. The van der Waals surface area contributed by atoms with Gasteiger partial charge in [-0.25, -0.2) is 4.98 Å². The Balaban J connectivity index is 0.00000171. The molecule has 1 aliphatic heterocycles. The fourth-order valence-electron chi connectivity index (χ4n) is 3.84. The number of likely N-dealkylation sites (tertiary alicyclic amines) is 1. The average Bonchev–Trinajstić information content (AvgIpc) is 2.79. The summed E-state index contributed by atoms with van der Waals surface area (Å²) in [7, 11) is 0. The summed E-state index contributed by atoms with van der Waals surface area (Å²) >= 11 is 0. The molecule has 0 saturated carbocycles. The minimum absolute atomic E-state index is 0. The lowest BCUT2D eigenvalue weighted by Crippen LogP contribution is -2.41. The molecule has 2 N–H and O–H groups in total. The van der Waals surface area contributed by atoms with Gasteiger partial charge in [0.2, 0.25) is 0 Å². The van der Waals surface area contributed by atoms with Crippen LogP contribution in [0.3, 0.4) is 0 Å². The highest BCUT2D eigenvalue weighted by molar-refractivity contribution is 6.07. The van der Waals surface area contributed by atoms with E-state index in [4.69, 9.17) is 15.5 Å². The third kappa shape index (κ3) is 5.95. The van der Waals surface area contributed by atoms with Crippen LogP contribution in [-0.2, 0) is 4.74 Å². The van der Waals surface area contributed by atoms with Crippen molar-refractivity contribution >= 4 is 41.6 Å². The molecule has 0 bridgehead atoms. The van der Waals surface area contributed by atoms with Gasteiger partial charge in [0.05, 0.1) is 22.9 Å². The van der Waals surface area contributed by atoms with Crippen molar-refractivity contribution < 1.29 is 9.53 Å². The molecule has 0 atom stereocenters. The first kappa shape index (κ1) is 25.1. The van der Waals surface area contributed by atoms with Crippen LogP contribution < -0.4 is 5.73 Å². The van der Waals surface area contributed by atoms with Gasteiger partial charge in [-0.05, 0) is 37.9 Å². The summed E-state index contributed by atoms with van der Waals surface area (Å²) in [6, 6.07) is 19.8. The molecule has 7 heteroatoms. The van der Waals surface area contributed by atoms with E-state index in [2.05, 4.69) is 0 Å². The number of para-hydroxylation sites is 1. The lowest BCUT2D eigenvalue weighted by atomic mass is 10.0. The molecule has 0 aliphatic carbocycles. The van der Waals surface area contributed by atoms with Crippen LogP contribution in [-0.4, -0.2) is 48.1 Å². The molecule has 31 heavy (non-hydrogen) atoms. The molecule has 2 heterocycles. The summed E-state index contributed by atoms with van der Waals surface area (Å²) in [5, 5.41) is 0.901. The molecular weight excluding hydrogens is 433 g/mol. The Labute approximate surface area is 195 Å². The van der Waals surface area contributed by atoms with Crippen molar-refractivity contribution in [2.45, 2.75) is 25.4 Å². The van der Waals surface area contributed by atoms with Gasteiger partial charge in [-0.3, -0.25) is 4.79 Å². The van der Waals surface area contributed by atoms with Crippen LogP contribution in [0.25, 0.3) is 22.2 Å². The summed E-state index contributed by atoms with van der Waals surface area (Å²) in [6.45, 7) is 2.77. The second-order valence-corrected chi connectivity index (χ2v) is 7.44. The fraction of sp³-hybridized carbons (Fsp3) is 0.333. The topological polar surface area (TPSA) is 68.5 Å². The number of aromatic nitrogens is 1. The molecule has 5 nitrogen and oxygen atoms in total. The fourth-order valence-corrected chi connectivity index (χ4v) is 3.84. The molecule has 1 aliphatic rings. The van der Waals surface area contributed by atoms with Crippen molar-refractivity contribution in [3.8, 4) is 11.3 Å². The lowest BCUT2D eigenvalue weighted by Gasteiger charge is -2.32. The number of amides is 1. The number of hydrogen-bond donors (Lipinski definition) is 1. The number of carbonyl (C=O) groups is 1. The molecule has 166 valence electrons. The molecule has 0 unspecified atom stereocenters. The van der Waals surface area contributed by atoms with Crippen LogP contribution >= 0.6 is 24.8 Å². The summed E-state index contributed by atoms with van der Waals surface area (Å²) < 4.78 is 5.88. The Morgan fingerprint density at radius 2 is 1.71 bits per heavy atom. The second kappa shape index (κ2) is 12.0. The van der Waals surface area contributed by atoms with Crippen molar-refractivity contribution in [1.29, 1.82) is 0 Å². The van der Waals surface area contributed by atoms with Crippen molar-refractivity contribution in [3.05, 3.63) is 66.2 Å². The van der Waals surface area contributed by atoms with Gasteiger partial charge in [0.25, 0.3) is 5.91 Å². The monoisotopic (exact) mass is 461 g/mol. The Kier molecular flexibility index (Phi) is 9.72. The molecule has 1 aromatic heterocycles. The normalized spacial score (nSPS) is 14.0. The van der Waals surface area contributed by atoms with Crippen molar-refractivity contribution in [2.24, 2.45) is 5.73 Å². The van der Waals surface area contributed by atoms with Crippen molar-refractivity contribution in [2.75, 3.05) is 26.2 Å². The maximum absolute atomic E-state index is 13.4. The Bertz CT molecular complexity index is 977. The van der Waals surface area contributed by atoms with Crippen molar-refractivity contribution in [3.63, 3.8) is 0 Å². The molecule has 1 saturated heterocycles. The Hall–Kier alpha value is -2.18. The van der Waals surface area contributed by atoms with Gasteiger partial charge in [0.15, 0.2) is 0 Å². The van der Waals surface area contributed by atoms with Crippen LogP contribution in [0, 0.1) is 0 Å². The quantitative estimate of drug-likeness (QED) is 0.539. The summed E-state index contributed by atoms with van der Waals surface area (Å²) in [5.74, 6) is 0.0705. The molecule has 0 spiro atoms. The van der Waals surface area contributed by atoms with E-state index in [1.54, 1.807) is 0 Å². The van der Waals surface area contributed by atoms with E-state index in [-0.39, 0.29) is 36.8 Å². The highest BCUT2D eigenvalue weighted by Gasteiger charge is 2.25. The summed E-state index contributed by atoms with van der Waals surface area (Å²) in [6.07, 6.45) is 2.83. The van der Waals surface area contributed by atoms with Gasteiger partial charge in [-0.15, -0.1) is 24.8 Å². The number of hydrogen-bond acceptors (Lipinski definition) is 4. The number of halogens is 2. The molecule has 1 fully saturated rings. The number of nitrogens with two attached hydrogens (primary N) is 1. The molecule has 2 aromatic carbocycles. The third-order valence-electron chi connectivity index (χ3n) is 5.45. The van der Waals surface area contributed by atoms with E-state index in [1.165, 1.54) is 0 Å². The minimum atomic E-state index is 0. The molecule has 0 radical (unpaired) electrons. The number of piperidine rings is 1. The standard InChI is InChI=1S/C24H27N3O2.2ClH/c25-13-6-16-29-19-11-14-27(15-12-19)24(28)21-17-23(18-7-2-1-3-8-18)26-22-10-5-4-9-20(21)22;;/h1-5,7-10,17,19H,6,11-16,25H2;2*1H. The van der Waals surface area contributed by atoms with Gasteiger partial charge < -0.3 is 15.4 Å². The van der Waals surface area contributed by atoms with Gasteiger partial charge in [-0.1, -0.05) is 48.5 Å². The number of carbonyl (C=O) groups excluding carboxylic acids is 1. The van der Waals surface area contributed by atoms with Crippen LogP contribution in [0.1, 0.15) is 29.6 Å². The van der Waals surface area contributed by atoms with E-state index < -0.39 is 0 Å². The van der Waals surface area contributed by atoms with E-state index in [9.17, 15) is 4.79 Å². The largest absolute Gasteiger partial charge is 0.378 e. The molecule has 1 amide bonds. The van der Waals surface area contributed by atoms with E-state index in [1.807, 2.05) is 65.6 Å². The Morgan fingerprint density at radius 1 is 1.03 bits per heavy atom. The number of benzene rings is 2. The molecular formula is C24H29Cl2N3O2. The number of nitrogens with zero attached hydrogens (tertiary/aromatic N) is 2. The van der Waals surface area contributed by atoms with Gasteiger partial charge in [0, 0.05) is 30.6 Å². The van der Waals surface area contributed by atoms with Gasteiger partial charge in [0.1, 0.15) is 0 Å². The maximum atomic E-state index is 13.4. The zero-order chi connectivity index (χ0) is 20.1. The first-order chi connectivity index (χ1) is 14.3. The highest BCUT2D eigenvalue weighted by Crippen LogP contribution is 2.27. The second-order valence-electron chi connectivity index (χ2n) is 7.44. The highest BCUT2D eigenvalue weighted by atomic mass is 35.5. The van der Waals surface area contributed by atoms with Crippen LogP contribution in [0.4, 0.5) is 0 Å². The number of rotatable bonds is 6. The zero-order valence-corrected chi connectivity index (χ0v) is 19.0. The van der Waals surface area contributed by atoms with Gasteiger partial charge in [-0.2, -0.15) is 0 Å². The third-order valence-corrected chi connectivity index (χ3v) is 5.45. The number of pyridine rings is 1. The number of ether oxygens (including phenoxy) is 1. The van der Waals surface area contributed by atoms with E-state index in [0.29, 0.717) is 26.2 Å². The smallest absolute Gasteiger partial charge is 0.254 e. The molecule has 3 aromatic rings. The Morgan fingerprint density at radius 3 is 2.42 bits per heavy atom. The maximum Gasteiger partial charge on any atom is 0.254 e. The first-order valence-electron chi connectivity index (χ1n) is 10.3. The zero-order valence-electron chi connectivity index (χ0n) is 17.4. The van der Waals surface area contributed by atoms with E-state index in [0.717, 1.165) is 47.0 Å².